The van der Waals surface area contributed by atoms with Gasteiger partial charge in [-0.25, -0.2) is 9.97 Å². The number of hydrogen-bond donors (Lipinski definition) is 0. The summed E-state index contributed by atoms with van der Waals surface area (Å²) < 4.78 is 10.7. The van der Waals surface area contributed by atoms with E-state index in [9.17, 15) is 4.79 Å². The molecule has 5 rings (SSSR count). The van der Waals surface area contributed by atoms with Crippen molar-refractivity contribution in [3.05, 3.63) is 35.9 Å². The third kappa shape index (κ3) is 2.81. The molecule has 0 saturated carbocycles. The summed E-state index contributed by atoms with van der Waals surface area (Å²) in [6.45, 7) is 3.93. The van der Waals surface area contributed by atoms with Gasteiger partial charge in [0.05, 0.1) is 14.2 Å². The Morgan fingerprint density at radius 1 is 1.14 bits per heavy atom. The molecule has 1 fully saturated rings. The van der Waals surface area contributed by atoms with Crippen molar-refractivity contribution in [2.24, 2.45) is 0 Å². The highest BCUT2D eigenvalue weighted by atomic mass is 32.1. The van der Waals surface area contributed by atoms with Crippen molar-refractivity contribution in [1.82, 2.24) is 14.9 Å². The summed E-state index contributed by atoms with van der Waals surface area (Å²) in [7, 11) is 3.30. The zero-order valence-corrected chi connectivity index (χ0v) is 17.5. The number of methoxy groups -OCH3 is 2. The van der Waals surface area contributed by atoms with Crippen molar-refractivity contribution < 1.29 is 14.3 Å². The van der Waals surface area contributed by atoms with Crippen molar-refractivity contribution in [2.75, 3.05) is 38.8 Å². The van der Waals surface area contributed by atoms with Gasteiger partial charge in [0, 0.05) is 43.7 Å². The molecule has 4 heterocycles. The second-order valence-corrected chi connectivity index (χ2v) is 8.57. The van der Waals surface area contributed by atoms with Gasteiger partial charge in [-0.3, -0.25) is 4.79 Å². The van der Waals surface area contributed by atoms with Gasteiger partial charge in [0.25, 0.3) is 0 Å². The van der Waals surface area contributed by atoms with E-state index in [1.807, 2.05) is 23.1 Å². The Hall–Kier alpha value is -2.87. The maximum atomic E-state index is 12.0. The van der Waals surface area contributed by atoms with Gasteiger partial charge in [-0.2, -0.15) is 0 Å². The fourth-order valence-corrected chi connectivity index (χ4v) is 5.40. The number of thiazole rings is 1. The molecule has 2 aromatic heterocycles. The van der Waals surface area contributed by atoms with Gasteiger partial charge in [-0.15, -0.1) is 0 Å². The first-order valence-electron chi connectivity index (χ1n) is 9.56. The maximum absolute atomic E-state index is 12.0. The lowest BCUT2D eigenvalue weighted by atomic mass is 9.81. The molecule has 7 nitrogen and oxygen atoms in total. The molecule has 0 aliphatic carbocycles. The van der Waals surface area contributed by atoms with Crippen molar-refractivity contribution >= 4 is 38.4 Å². The van der Waals surface area contributed by atoms with Crippen LogP contribution in [0.15, 0.2) is 30.3 Å². The Balaban J connectivity index is 1.60. The third-order valence-corrected chi connectivity index (χ3v) is 6.97. The molecule has 1 amide bonds. The van der Waals surface area contributed by atoms with E-state index in [1.54, 1.807) is 32.5 Å². The molecule has 2 aliphatic rings. The lowest BCUT2D eigenvalue weighted by Gasteiger charge is -2.25. The summed E-state index contributed by atoms with van der Waals surface area (Å²) in [6, 6.07) is 9.97. The number of carbonyl (C=O) groups excluding carboxylic acids is 1. The first kappa shape index (κ1) is 18.2. The number of hydrogen-bond acceptors (Lipinski definition) is 7. The molecule has 1 spiro atoms. The molecule has 29 heavy (non-hydrogen) atoms. The quantitative estimate of drug-likeness (QED) is 0.660. The Labute approximate surface area is 172 Å². The highest BCUT2D eigenvalue weighted by Gasteiger charge is 2.49. The standard InChI is InChI=1S/C21H22N4O3S/c1-13(26)24-9-8-21(11-24)12-25(17-6-4-14(27-2)10-15(17)21)20-22-16-5-7-18(28-3)23-19(16)29-20/h4-7,10H,8-9,11-12H2,1-3H3. The smallest absolute Gasteiger partial charge is 0.219 e. The van der Waals surface area contributed by atoms with Gasteiger partial charge in [0.15, 0.2) is 5.13 Å². The lowest BCUT2D eigenvalue weighted by Crippen LogP contribution is -2.36. The number of aromatic nitrogens is 2. The summed E-state index contributed by atoms with van der Waals surface area (Å²) in [4.78, 5) is 26.4. The van der Waals surface area contributed by atoms with Crippen LogP contribution in [-0.4, -0.2) is 54.6 Å². The topological polar surface area (TPSA) is 67.8 Å². The molecule has 1 atom stereocenters. The van der Waals surface area contributed by atoms with Crippen molar-refractivity contribution in [3.63, 3.8) is 0 Å². The van der Waals surface area contributed by atoms with Crippen LogP contribution in [0.3, 0.4) is 0 Å². The van der Waals surface area contributed by atoms with Crippen molar-refractivity contribution in [2.45, 2.75) is 18.8 Å². The molecule has 1 unspecified atom stereocenters. The molecule has 8 heteroatoms. The maximum Gasteiger partial charge on any atom is 0.219 e. The molecule has 2 aliphatic heterocycles. The summed E-state index contributed by atoms with van der Waals surface area (Å²) in [5.74, 6) is 1.55. The highest BCUT2D eigenvalue weighted by Crippen LogP contribution is 2.51. The SMILES string of the molecule is COc1ccc2c(c1)C1(CCN(C(C)=O)C1)CN2c1nc2ccc(OC)nc2s1. The molecule has 1 saturated heterocycles. The molecular weight excluding hydrogens is 388 g/mol. The predicted molar refractivity (Wildman–Crippen MR) is 113 cm³/mol. The monoisotopic (exact) mass is 410 g/mol. The third-order valence-electron chi connectivity index (χ3n) is 5.98. The lowest BCUT2D eigenvalue weighted by molar-refractivity contribution is -0.127. The number of rotatable bonds is 3. The van der Waals surface area contributed by atoms with Gasteiger partial charge in [0.1, 0.15) is 16.1 Å². The summed E-state index contributed by atoms with van der Waals surface area (Å²) >= 11 is 1.56. The zero-order chi connectivity index (χ0) is 20.2. The van der Waals surface area contributed by atoms with Gasteiger partial charge in [-0.1, -0.05) is 11.3 Å². The molecule has 0 bridgehead atoms. The number of anilines is 2. The number of amides is 1. The molecule has 150 valence electrons. The van der Waals surface area contributed by atoms with Crippen LogP contribution in [0.2, 0.25) is 0 Å². The number of fused-ring (bicyclic) bond motifs is 3. The van der Waals surface area contributed by atoms with E-state index in [0.29, 0.717) is 5.88 Å². The molecular formula is C21H22N4O3S. The van der Waals surface area contributed by atoms with E-state index < -0.39 is 0 Å². The normalized spacial score (nSPS) is 20.5. The second kappa shape index (κ2) is 6.59. The Bertz CT molecular complexity index is 1110. The molecule has 0 radical (unpaired) electrons. The second-order valence-electron chi connectivity index (χ2n) is 7.61. The Morgan fingerprint density at radius 3 is 2.72 bits per heavy atom. The average Bonchev–Trinajstić information content (AvgIpc) is 3.43. The van der Waals surface area contributed by atoms with E-state index in [4.69, 9.17) is 14.5 Å². The van der Waals surface area contributed by atoms with Crippen LogP contribution in [0.1, 0.15) is 18.9 Å². The number of benzene rings is 1. The van der Waals surface area contributed by atoms with Crippen molar-refractivity contribution in [1.29, 1.82) is 0 Å². The number of carbonyl (C=O) groups is 1. The Kier molecular flexibility index (Phi) is 4.13. The van der Waals surface area contributed by atoms with Crippen LogP contribution in [0, 0.1) is 0 Å². The van der Waals surface area contributed by atoms with Gasteiger partial charge in [-0.05, 0) is 36.2 Å². The van der Waals surface area contributed by atoms with E-state index in [-0.39, 0.29) is 11.3 Å². The Morgan fingerprint density at radius 2 is 2.00 bits per heavy atom. The highest BCUT2D eigenvalue weighted by molar-refractivity contribution is 7.21. The van der Waals surface area contributed by atoms with Crippen LogP contribution >= 0.6 is 11.3 Å². The summed E-state index contributed by atoms with van der Waals surface area (Å²) in [6.07, 6.45) is 0.931. The minimum atomic E-state index is -0.113. The fourth-order valence-electron chi connectivity index (χ4n) is 4.45. The molecule has 1 aromatic carbocycles. The van der Waals surface area contributed by atoms with Gasteiger partial charge in [0.2, 0.25) is 11.8 Å². The van der Waals surface area contributed by atoms with Crippen LogP contribution in [0.25, 0.3) is 10.3 Å². The fraction of sp³-hybridized carbons (Fsp3) is 0.381. The van der Waals surface area contributed by atoms with Gasteiger partial charge >= 0.3 is 0 Å². The van der Waals surface area contributed by atoms with Crippen LogP contribution < -0.4 is 14.4 Å². The van der Waals surface area contributed by atoms with Crippen LogP contribution in [0.5, 0.6) is 11.6 Å². The number of likely N-dealkylation sites (tertiary alicyclic amines) is 1. The van der Waals surface area contributed by atoms with Gasteiger partial charge < -0.3 is 19.3 Å². The van der Waals surface area contributed by atoms with Crippen LogP contribution in [0.4, 0.5) is 10.8 Å². The number of nitrogens with zero attached hydrogens (tertiary/aromatic N) is 4. The first-order valence-corrected chi connectivity index (χ1v) is 10.4. The number of ether oxygens (including phenoxy) is 2. The summed E-state index contributed by atoms with van der Waals surface area (Å²) in [5, 5.41) is 0.908. The summed E-state index contributed by atoms with van der Waals surface area (Å²) in [5.41, 5.74) is 3.10. The largest absolute Gasteiger partial charge is 0.497 e. The van der Waals surface area contributed by atoms with E-state index in [1.165, 1.54) is 5.56 Å². The minimum Gasteiger partial charge on any atom is -0.497 e. The zero-order valence-electron chi connectivity index (χ0n) is 16.6. The molecule has 0 N–H and O–H groups in total. The van der Waals surface area contributed by atoms with E-state index in [0.717, 1.165) is 53.0 Å². The number of pyridine rings is 1. The predicted octanol–water partition coefficient (Wildman–Crippen LogP) is 3.35. The van der Waals surface area contributed by atoms with E-state index in [2.05, 4.69) is 22.0 Å². The average molecular weight is 410 g/mol. The minimum absolute atomic E-state index is 0.113. The molecule has 3 aromatic rings. The van der Waals surface area contributed by atoms with Crippen LogP contribution in [-0.2, 0) is 10.2 Å². The van der Waals surface area contributed by atoms with E-state index >= 15 is 0 Å². The van der Waals surface area contributed by atoms with Crippen molar-refractivity contribution in [3.8, 4) is 11.6 Å². The first-order chi connectivity index (χ1) is 14.0.